The molecule has 0 aromatic carbocycles. The van der Waals surface area contributed by atoms with Crippen molar-refractivity contribution < 1.29 is 28.6 Å². The Balaban J connectivity index is 4.43. The third kappa shape index (κ3) is 52.2. The molecule has 0 aromatic rings. The molecule has 378 valence electrons. The third-order valence-electron chi connectivity index (χ3n) is 12.3. The lowest BCUT2D eigenvalue weighted by Crippen LogP contribution is -2.30. The molecule has 0 radical (unpaired) electrons. The average Bonchev–Trinajstić information content (AvgIpc) is 3.30. The second kappa shape index (κ2) is 54.0. The maximum atomic E-state index is 12.8. The second-order valence-electron chi connectivity index (χ2n) is 18.9. The minimum absolute atomic E-state index is 0.0856. The number of ether oxygens (including phenoxy) is 3. The molecule has 0 amide bonds. The molecule has 6 nitrogen and oxygen atoms in total. The van der Waals surface area contributed by atoms with Gasteiger partial charge in [0.25, 0.3) is 0 Å². The van der Waals surface area contributed by atoms with E-state index in [1.807, 2.05) is 0 Å². The summed E-state index contributed by atoms with van der Waals surface area (Å²) in [5, 5.41) is 0. The Morgan fingerprint density at radius 2 is 0.569 bits per heavy atom. The van der Waals surface area contributed by atoms with Crippen molar-refractivity contribution in [3.05, 3.63) is 48.6 Å². The van der Waals surface area contributed by atoms with Gasteiger partial charge in [-0.25, -0.2) is 0 Å². The minimum Gasteiger partial charge on any atom is -0.462 e. The fraction of sp³-hybridized carbons (Fsp3) is 0.814. The van der Waals surface area contributed by atoms with Gasteiger partial charge in [0, 0.05) is 19.3 Å². The summed E-state index contributed by atoms with van der Waals surface area (Å²) >= 11 is 0. The SMILES string of the molecule is CCCCC/C=C\C/C=C\C/C=C\C/C=C\CCCC(=O)OC[C@H](COC(=O)CCCCCCCCCCCCCCCCC)OC(=O)CCCCCCCCCCCCCCCCC. The Bertz CT molecular complexity index is 1140. The van der Waals surface area contributed by atoms with Gasteiger partial charge in [0.15, 0.2) is 6.10 Å². The van der Waals surface area contributed by atoms with Crippen LogP contribution < -0.4 is 0 Å². The highest BCUT2D eigenvalue weighted by atomic mass is 16.6. The van der Waals surface area contributed by atoms with Crippen LogP contribution >= 0.6 is 0 Å². The van der Waals surface area contributed by atoms with Gasteiger partial charge in [-0.05, 0) is 57.8 Å². The van der Waals surface area contributed by atoms with E-state index in [2.05, 4.69) is 69.4 Å². The van der Waals surface area contributed by atoms with Gasteiger partial charge < -0.3 is 14.2 Å². The van der Waals surface area contributed by atoms with E-state index < -0.39 is 6.10 Å². The Labute approximate surface area is 403 Å². The summed E-state index contributed by atoms with van der Waals surface area (Å²) in [6, 6.07) is 0. The van der Waals surface area contributed by atoms with Gasteiger partial charge in [-0.15, -0.1) is 0 Å². The topological polar surface area (TPSA) is 78.9 Å². The highest BCUT2D eigenvalue weighted by molar-refractivity contribution is 5.71. The van der Waals surface area contributed by atoms with E-state index >= 15 is 0 Å². The molecule has 0 aliphatic rings. The normalized spacial score (nSPS) is 12.4. The van der Waals surface area contributed by atoms with E-state index in [1.165, 1.54) is 180 Å². The minimum atomic E-state index is -0.790. The molecule has 0 rings (SSSR count). The molecule has 6 heteroatoms. The molecule has 65 heavy (non-hydrogen) atoms. The molecular weight excluding hydrogens is 805 g/mol. The first-order chi connectivity index (χ1) is 32.0. The van der Waals surface area contributed by atoms with Gasteiger partial charge in [-0.3, -0.25) is 14.4 Å². The molecule has 0 saturated carbocycles. The lowest BCUT2D eigenvalue weighted by Gasteiger charge is -2.18. The first-order valence-corrected chi connectivity index (χ1v) is 28.1. The van der Waals surface area contributed by atoms with E-state index in [1.54, 1.807) is 0 Å². The molecule has 0 bridgehead atoms. The highest BCUT2D eigenvalue weighted by Gasteiger charge is 2.19. The van der Waals surface area contributed by atoms with E-state index in [0.29, 0.717) is 19.3 Å². The summed E-state index contributed by atoms with van der Waals surface area (Å²) in [5.41, 5.74) is 0. The summed E-state index contributed by atoms with van der Waals surface area (Å²) in [5.74, 6) is -0.929. The van der Waals surface area contributed by atoms with Crippen LogP contribution in [0.15, 0.2) is 48.6 Å². The molecule has 0 heterocycles. The van der Waals surface area contributed by atoms with Crippen molar-refractivity contribution in [2.45, 2.75) is 297 Å². The molecule has 0 unspecified atom stereocenters. The van der Waals surface area contributed by atoms with Gasteiger partial charge >= 0.3 is 17.9 Å². The summed E-state index contributed by atoms with van der Waals surface area (Å²) in [6.07, 6.45) is 65.3. The van der Waals surface area contributed by atoms with Crippen LogP contribution in [0.1, 0.15) is 290 Å². The zero-order valence-corrected chi connectivity index (χ0v) is 43.3. The smallest absolute Gasteiger partial charge is 0.306 e. The van der Waals surface area contributed by atoms with E-state index in [9.17, 15) is 14.4 Å². The molecule has 1 atom stereocenters. The number of allylic oxidation sites excluding steroid dienone is 8. The molecule has 0 aliphatic carbocycles. The zero-order valence-electron chi connectivity index (χ0n) is 43.3. The zero-order chi connectivity index (χ0) is 47.2. The van der Waals surface area contributed by atoms with E-state index in [0.717, 1.165) is 64.2 Å². The lowest BCUT2D eigenvalue weighted by molar-refractivity contribution is -0.167. The number of carbonyl (C=O) groups excluding carboxylic acids is 3. The van der Waals surface area contributed by atoms with Crippen LogP contribution in [0.2, 0.25) is 0 Å². The van der Waals surface area contributed by atoms with Crippen molar-refractivity contribution in [3.63, 3.8) is 0 Å². The quantitative estimate of drug-likeness (QED) is 0.0262. The molecule has 0 spiro atoms. The molecule has 0 aromatic heterocycles. The number of esters is 3. The first-order valence-electron chi connectivity index (χ1n) is 28.1. The van der Waals surface area contributed by atoms with Crippen molar-refractivity contribution in [3.8, 4) is 0 Å². The fourth-order valence-corrected chi connectivity index (χ4v) is 8.08. The van der Waals surface area contributed by atoms with Crippen molar-refractivity contribution >= 4 is 17.9 Å². The van der Waals surface area contributed by atoms with Crippen LogP contribution in [0.4, 0.5) is 0 Å². The first kappa shape index (κ1) is 62.4. The van der Waals surface area contributed by atoms with Crippen LogP contribution in [0.25, 0.3) is 0 Å². The van der Waals surface area contributed by atoms with Crippen molar-refractivity contribution in [2.24, 2.45) is 0 Å². The number of carbonyl (C=O) groups is 3. The maximum Gasteiger partial charge on any atom is 0.306 e. The molecule has 0 saturated heterocycles. The molecule has 0 aliphatic heterocycles. The summed E-state index contributed by atoms with van der Waals surface area (Å²) < 4.78 is 16.8. The molecule has 0 N–H and O–H groups in total. The van der Waals surface area contributed by atoms with Crippen LogP contribution in [0.5, 0.6) is 0 Å². The third-order valence-corrected chi connectivity index (χ3v) is 12.3. The van der Waals surface area contributed by atoms with E-state index in [-0.39, 0.29) is 37.5 Å². The average molecular weight is 911 g/mol. The lowest BCUT2D eigenvalue weighted by atomic mass is 10.0. The van der Waals surface area contributed by atoms with E-state index in [4.69, 9.17) is 14.2 Å². The maximum absolute atomic E-state index is 12.8. The number of hydrogen-bond donors (Lipinski definition) is 0. The van der Waals surface area contributed by atoms with Crippen molar-refractivity contribution in [1.82, 2.24) is 0 Å². The monoisotopic (exact) mass is 911 g/mol. The van der Waals surface area contributed by atoms with Crippen LogP contribution in [0.3, 0.4) is 0 Å². The predicted molar refractivity (Wildman–Crippen MR) is 279 cm³/mol. The van der Waals surface area contributed by atoms with Crippen LogP contribution in [-0.2, 0) is 28.6 Å². The van der Waals surface area contributed by atoms with Gasteiger partial charge in [-0.1, -0.05) is 262 Å². The Hall–Kier alpha value is -2.63. The van der Waals surface area contributed by atoms with Crippen LogP contribution in [0, 0.1) is 0 Å². The number of rotatable bonds is 51. The van der Waals surface area contributed by atoms with Crippen molar-refractivity contribution in [1.29, 1.82) is 0 Å². The summed E-state index contributed by atoms with van der Waals surface area (Å²) in [7, 11) is 0. The summed E-state index contributed by atoms with van der Waals surface area (Å²) in [4.78, 5) is 38.1. The highest BCUT2D eigenvalue weighted by Crippen LogP contribution is 2.16. The van der Waals surface area contributed by atoms with Gasteiger partial charge in [0.2, 0.25) is 0 Å². The Kier molecular flexibility index (Phi) is 51.8. The molecule has 0 fully saturated rings. The summed E-state index contributed by atoms with van der Waals surface area (Å²) in [6.45, 7) is 6.60. The Morgan fingerprint density at radius 3 is 0.923 bits per heavy atom. The van der Waals surface area contributed by atoms with Crippen molar-refractivity contribution in [2.75, 3.05) is 13.2 Å². The standard InChI is InChI=1S/C59H106O6/c1-4-7-10-13-16-19-22-25-28-29-32-34-37-40-43-46-49-52-58(61)64-55-56(65-59(62)53-50-47-44-41-38-35-31-27-24-21-18-15-12-9-6-3)54-63-57(60)51-48-45-42-39-36-33-30-26-23-20-17-14-11-8-5-2/h16,19,25,28,32,34,40,43,56H,4-15,17-18,20-24,26-27,29-31,33,35-39,41-42,44-55H2,1-3H3/b19-16-,28-25-,34-32-,43-40-/t56-/m0/s1. The number of unbranched alkanes of at least 4 members (excludes halogenated alkanes) is 32. The fourth-order valence-electron chi connectivity index (χ4n) is 8.08. The van der Waals surface area contributed by atoms with Gasteiger partial charge in [-0.2, -0.15) is 0 Å². The van der Waals surface area contributed by atoms with Gasteiger partial charge in [0.1, 0.15) is 13.2 Å². The number of hydrogen-bond acceptors (Lipinski definition) is 6. The largest absolute Gasteiger partial charge is 0.462 e. The Morgan fingerprint density at radius 1 is 0.308 bits per heavy atom. The molecular formula is C59H106O6. The van der Waals surface area contributed by atoms with Crippen LogP contribution in [-0.4, -0.2) is 37.2 Å². The predicted octanol–water partition coefficient (Wildman–Crippen LogP) is 18.7. The van der Waals surface area contributed by atoms with Gasteiger partial charge in [0.05, 0.1) is 0 Å². The second-order valence-corrected chi connectivity index (χ2v) is 18.9.